The Morgan fingerprint density at radius 1 is 1.24 bits per heavy atom. The minimum atomic E-state index is -1.15. The first kappa shape index (κ1) is 12.1. The third-order valence-corrected chi connectivity index (χ3v) is 4.13. The fourth-order valence-electron chi connectivity index (χ4n) is 3.40. The van der Waals surface area contributed by atoms with Crippen molar-refractivity contribution in [2.45, 2.75) is 32.1 Å². The molecule has 2 fully saturated rings. The van der Waals surface area contributed by atoms with Gasteiger partial charge in [0, 0.05) is 12.3 Å². The van der Waals surface area contributed by atoms with Crippen LogP contribution in [-0.2, 0) is 14.4 Å². The zero-order valence-corrected chi connectivity index (χ0v) is 9.46. The van der Waals surface area contributed by atoms with Crippen LogP contribution in [0.5, 0.6) is 0 Å². The smallest absolute Gasteiger partial charge is 0.314 e. The van der Waals surface area contributed by atoms with Gasteiger partial charge in [0.2, 0.25) is 0 Å². The number of aliphatic carboxylic acids is 2. The number of ketones is 1. The Hall–Kier alpha value is -1.39. The van der Waals surface area contributed by atoms with Crippen LogP contribution in [0.15, 0.2) is 0 Å². The van der Waals surface area contributed by atoms with Gasteiger partial charge in [-0.15, -0.1) is 0 Å². The lowest BCUT2D eigenvalue weighted by atomic mass is 9.60. The molecule has 2 aliphatic rings. The fraction of sp³-hybridized carbons (Fsp3) is 0.750. The second kappa shape index (κ2) is 4.47. The van der Waals surface area contributed by atoms with Crippen molar-refractivity contribution in [2.75, 3.05) is 0 Å². The second-order valence-corrected chi connectivity index (χ2v) is 5.10. The molecule has 0 saturated heterocycles. The first-order chi connectivity index (χ1) is 8.00. The van der Waals surface area contributed by atoms with Gasteiger partial charge in [-0.25, -0.2) is 0 Å². The summed E-state index contributed by atoms with van der Waals surface area (Å²) in [6, 6.07) is 0. The molecule has 0 aromatic carbocycles. The highest BCUT2D eigenvalue weighted by Crippen LogP contribution is 2.45. The first-order valence-corrected chi connectivity index (χ1v) is 5.99. The average Bonchev–Trinajstić information content (AvgIpc) is 2.25. The van der Waals surface area contributed by atoms with Crippen molar-refractivity contribution in [3.8, 4) is 0 Å². The number of carbonyl (C=O) groups excluding carboxylic acids is 1. The predicted octanol–water partition coefficient (Wildman–Crippen LogP) is 1.17. The summed E-state index contributed by atoms with van der Waals surface area (Å²) in [4.78, 5) is 34.0. The molecule has 5 heteroatoms. The van der Waals surface area contributed by atoms with Crippen molar-refractivity contribution in [1.82, 2.24) is 0 Å². The van der Waals surface area contributed by atoms with E-state index in [0.717, 1.165) is 19.3 Å². The number of hydrogen-bond donors (Lipinski definition) is 2. The third kappa shape index (κ3) is 2.18. The molecule has 0 aromatic rings. The Kier molecular flexibility index (Phi) is 3.17. The number of Topliss-reactive ketones (excluding diaryl/α,β-unsaturated/α-hetero) is 1. The van der Waals surface area contributed by atoms with E-state index in [0.29, 0.717) is 6.42 Å². The van der Waals surface area contributed by atoms with Gasteiger partial charge in [-0.2, -0.15) is 0 Å². The van der Waals surface area contributed by atoms with Crippen LogP contribution in [-0.4, -0.2) is 27.9 Å². The number of carboxylic acids is 2. The van der Waals surface area contributed by atoms with Gasteiger partial charge in [-0.3, -0.25) is 14.4 Å². The molecule has 5 nitrogen and oxygen atoms in total. The number of fused-ring (bicyclic) bond motifs is 2. The van der Waals surface area contributed by atoms with Gasteiger partial charge in [-0.05, 0) is 24.7 Å². The second-order valence-electron chi connectivity index (χ2n) is 5.10. The Labute approximate surface area is 98.8 Å². The van der Waals surface area contributed by atoms with E-state index in [1.165, 1.54) is 0 Å². The summed E-state index contributed by atoms with van der Waals surface area (Å²) in [6.07, 6.45) is 2.99. The van der Waals surface area contributed by atoms with Gasteiger partial charge < -0.3 is 10.2 Å². The molecule has 2 aliphatic carbocycles. The summed E-state index contributed by atoms with van der Waals surface area (Å²) in [7, 11) is 0. The van der Waals surface area contributed by atoms with Gasteiger partial charge >= 0.3 is 11.9 Å². The highest BCUT2D eigenvalue weighted by atomic mass is 16.4. The van der Waals surface area contributed by atoms with Crippen LogP contribution >= 0.6 is 0 Å². The molecule has 94 valence electrons. The molecule has 2 N–H and O–H groups in total. The monoisotopic (exact) mass is 240 g/mol. The summed E-state index contributed by atoms with van der Waals surface area (Å²) in [5.74, 6) is -4.11. The first-order valence-electron chi connectivity index (χ1n) is 5.99. The maximum atomic E-state index is 12.0. The van der Waals surface area contributed by atoms with Gasteiger partial charge in [0.15, 0.2) is 0 Å². The van der Waals surface area contributed by atoms with E-state index in [4.69, 9.17) is 10.2 Å². The lowest BCUT2D eigenvalue weighted by molar-refractivity contribution is -0.157. The quantitative estimate of drug-likeness (QED) is 0.722. The van der Waals surface area contributed by atoms with Gasteiger partial charge in [0.1, 0.15) is 11.7 Å². The Bertz CT molecular complexity index is 362. The lowest BCUT2D eigenvalue weighted by Crippen LogP contribution is -2.47. The molecule has 2 bridgehead atoms. The maximum absolute atomic E-state index is 12.0. The molecule has 0 spiro atoms. The van der Waals surface area contributed by atoms with Crippen LogP contribution in [0.25, 0.3) is 0 Å². The lowest BCUT2D eigenvalue weighted by Gasteiger charge is -2.42. The third-order valence-electron chi connectivity index (χ3n) is 4.13. The van der Waals surface area contributed by atoms with Crippen molar-refractivity contribution < 1.29 is 24.6 Å². The molecule has 17 heavy (non-hydrogen) atoms. The largest absolute Gasteiger partial charge is 0.481 e. The topological polar surface area (TPSA) is 91.7 Å². The Morgan fingerprint density at radius 2 is 1.94 bits per heavy atom. The van der Waals surface area contributed by atoms with Crippen LogP contribution in [0.4, 0.5) is 0 Å². The van der Waals surface area contributed by atoms with E-state index in [1.807, 2.05) is 0 Å². The van der Waals surface area contributed by atoms with Crippen LogP contribution in [0.1, 0.15) is 32.1 Å². The van der Waals surface area contributed by atoms with E-state index < -0.39 is 23.8 Å². The maximum Gasteiger partial charge on any atom is 0.314 e. The van der Waals surface area contributed by atoms with Gasteiger partial charge in [-0.1, -0.05) is 12.8 Å². The van der Waals surface area contributed by atoms with Crippen molar-refractivity contribution in [3.05, 3.63) is 0 Å². The van der Waals surface area contributed by atoms with Crippen molar-refractivity contribution in [1.29, 1.82) is 0 Å². The molecular formula is C12H16O5. The van der Waals surface area contributed by atoms with Crippen LogP contribution in [0.2, 0.25) is 0 Å². The number of hydrogen-bond acceptors (Lipinski definition) is 3. The predicted molar refractivity (Wildman–Crippen MR) is 57.3 cm³/mol. The van der Waals surface area contributed by atoms with Crippen molar-refractivity contribution in [2.24, 2.45) is 23.7 Å². The summed E-state index contributed by atoms with van der Waals surface area (Å²) in [5, 5.41) is 18.0. The zero-order valence-electron chi connectivity index (χ0n) is 9.46. The minimum absolute atomic E-state index is 0.0867. The molecule has 0 aliphatic heterocycles. The van der Waals surface area contributed by atoms with Crippen LogP contribution in [0.3, 0.4) is 0 Å². The standard InChI is InChI=1S/C12H16O5/c13-9(14)5-8-6-2-1-3-7(4-6)11(15)10(8)12(16)17/h6-8,10H,1-5H2,(H,13,14)(H,16,17). The van der Waals surface area contributed by atoms with Crippen LogP contribution in [0, 0.1) is 23.7 Å². The summed E-state index contributed by atoms with van der Waals surface area (Å²) in [6.45, 7) is 0. The summed E-state index contributed by atoms with van der Waals surface area (Å²) >= 11 is 0. The minimum Gasteiger partial charge on any atom is -0.481 e. The van der Waals surface area contributed by atoms with Gasteiger partial charge in [0.25, 0.3) is 0 Å². The van der Waals surface area contributed by atoms with Crippen molar-refractivity contribution >= 4 is 17.7 Å². The molecule has 0 heterocycles. The van der Waals surface area contributed by atoms with Crippen LogP contribution < -0.4 is 0 Å². The average molecular weight is 240 g/mol. The molecule has 2 saturated carbocycles. The van der Waals surface area contributed by atoms with E-state index >= 15 is 0 Å². The Balaban J connectivity index is 2.26. The summed E-state index contributed by atoms with van der Waals surface area (Å²) < 4.78 is 0. The molecule has 2 rings (SSSR count). The fourth-order valence-corrected chi connectivity index (χ4v) is 3.40. The number of carbonyl (C=O) groups is 3. The zero-order chi connectivity index (χ0) is 12.6. The highest BCUT2D eigenvalue weighted by Gasteiger charge is 2.49. The molecular weight excluding hydrogens is 224 g/mol. The summed E-state index contributed by atoms with van der Waals surface area (Å²) in [5.41, 5.74) is 0. The number of rotatable bonds is 3. The number of carboxylic acid groups (broad SMARTS) is 2. The SMILES string of the molecule is O=C(O)CC1C2CCCC(C2)C(=O)C1C(=O)O. The molecule has 4 atom stereocenters. The molecule has 0 aromatic heterocycles. The van der Waals surface area contributed by atoms with E-state index in [9.17, 15) is 14.4 Å². The molecule has 0 radical (unpaired) electrons. The normalized spacial score (nSPS) is 36.6. The van der Waals surface area contributed by atoms with E-state index in [2.05, 4.69) is 0 Å². The highest BCUT2D eigenvalue weighted by molar-refractivity contribution is 6.00. The van der Waals surface area contributed by atoms with Gasteiger partial charge in [0.05, 0.1) is 0 Å². The molecule has 4 unspecified atom stereocenters. The Morgan fingerprint density at radius 3 is 2.53 bits per heavy atom. The van der Waals surface area contributed by atoms with E-state index in [1.54, 1.807) is 0 Å². The van der Waals surface area contributed by atoms with E-state index in [-0.39, 0.29) is 24.0 Å². The van der Waals surface area contributed by atoms with Crippen molar-refractivity contribution in [3.63, 3.8) is 0 Å². The molecule has 0 amide bonds.